The molecule has 4 heteroatoms. The summed E-state index contributed by atoms with van der Waals surface area (Å²) in [5.41, 5.74) is 5.07. The SMILES string of the molecule is Cc1ccccc1CNC(=O)N1CCN(c2ccccc2C(C)C)CC1. The molecule has 1 N–H and O–H groups in total. The van der Waals surface area contributed by atoms with Crippen molar-refractivity contribution < 1.29 is 4.79 Å². The highest BCUT2D eigenvalue weighted by atomic mass is 16.2. The van der Waals surface area contributed by atoms with Gasteiger partial charge in [0.1, 0.15) is 0 Å². The Hall–Kier alpha value is -2.49. The fourth-order valence-electron chi connectivity index (χ4n) is 3.51. The van der Waals surface area contributed by atoms with Crippen LogP contribution in [0.15, 0.2) is 48.5 Å². The molecule has 0 aromatic heterocycles. The summed E-state index contributed by atoms with van der Waals surface area (Å²) in [5.74, 6) is 0.502. The van der Waals surface area contributed by atoms with Crippen molar-refractivity contribution in [2.75, 3.05) is 31.1 Å². The Morgan fingerprint density at radius 3 is 2.35 bits per heavy atom. The molecule has 0 aliphatic carbocycles. The zero-order valence-corrected chi connectivity index (χ0v) is 16.0. The maximum absolute atomic E-state index is 12.5. The normalized spacial score (nSPS) is 14.6. The predicted molar refractivity (Wildman–Crippen MR) is 108 cm³/mol. The highest BCUT2D eigenvalue weighted by Gasteiger charge is 2.22. The maximum Gasteiger partial charge on any atom is 0.317 e. The maximum atomic E-state index is 12.5. The van der Waals surface area contributed by atoms with Gasteiger partial charge >= 0.3 is 6.03 Å². The van der Waals surface area contributed by atoms with Gasteiger partial charge in [-0.05, 0) is 35.6 Å². The quantitative estimate of drug-likeness (QED) is 0.898. The van der Waals surface area contributed by atoms with Crippen LogP contribution in [-0.2, 0) is 6.54 Å². The van der Waals surface area contributed by atoms with E-state index in [1.54, 1.807) is 0 Å². The lowest BCUT2D eigenvalue weighted by atomic mass is 10.00. The van der Waals surface area contributed by atoms with E-state index >= 15 is 0 Å². The number of hydrogen-bond donors (Lipinski definition) is 1. The first-order valence-electron chi connectivity index (χ1n) is 9.47. The number of rotatable bonds is 4. The number of urea groups is 1. The molecule has 1 saturated heterocycles. The van der Waals surface area contributed by atoms with Crippen molar-refractivity contribution in [2.45, 2.75) is 33.2 Å². The van der Waals surface area contributed by atoms with E-state index in [1.807, 2.05) is 17.0 Å². The summed E-state index contributed by atoms with van der Waals surface area (Å²) in [6.45, 7) is 10.4. The molecule has 1 fully saturated rings. The second-order valence-electron chi connectivity index (χ2n) is 7.27. The summed E-state index contributed by atoms with van der Waals surface area (Å²) < 4.78 is 0. The lowest BCUT2D eigenvalue weighted by Gasteiger charge is -2.37. The second-order valence-corrected chi connectivity index (χ2v) is 7.27. The van der Waals surface area contributed by atoms with Gasteiger partial charge in [-0.1, -0.05) is 56.3 Å². The summed E-state index contributed by atoms with van der Waals surface area (Å²) >= 11 is 0. The van der Waals surface area contributed by atoms with Crippen molar-refractivity contribution in [2.24, 2.45) is 0 Å². The summed E-state index contributed by atoms with van der Waals surface area (Å²) in [6.07, 6.45) is 0. The predicted octanol–water partition coefficient (Wildman–Crippen LogP) is 4.15. The van der Waals surface area contributed by atoms with Crippen LogP contribution in [-0.4, -0.2) is 37.1 Å². The van der Waals surface area contributed by atoms with Gasteiger partial charge in [0.25, 0.3) is 0 Å². The van der Waals surface area contributed by atoms with E-state index in [4.69, 9.17) is 0 Å². The number of hydrogen-bond acceptors (Lipinski definition) is 2. The van der Waals surface area contributed by atoms with Gasteiger partial charge in [0.2, 0.25) is 0 Å². The van der Waals surface area contributed by atoms with E-state index in [0.717, 1.165) is 26.2 Å². The minimum atomic E-state index is 0.0325. The van der Waals surface area contributed by atoms with E-state index in [1.165, 1.54) is 22.4 Å². The Morgan fingerprint density at radius 2 is 1.65 bits per heavy atom. The van der Waals surface area contributed by atoms with E-state index < -0.39 is 0 Å². The molecule has 0 unspecified atom stereocenters. The highest BCUT2D eigenvalue weighted by Crippen LogP contribution is 2.28. The Bertz CT molecular complexity index is 749. The second kappa shape index (κ2) is 8.26. The van der Waals surface area contributed by atoms with Crippen LogP contribution in [0.2, 0.25) is 0 Å². The Morgan fingerprint density at radius 1 is 1.00 bits per heavy atom. The number of nitrogens with zero attached hydrogens (tertiary/aromatic N) is 2. The third-order valence-electron chi connectivity index (χ3n) is 5.16. The average molecular weight is 351 g/mol. The average Bonchev–Trinajstić information content (AvgIpc) is 2.67. The molecule has 0 radical (unpaired) electrons. The van der Waals surface area contributed by atoms with Crippen LogP contribution in [0.25, 0.3) is 0 Å². The van der Waals surface area contributed by atoms with E-state index in [2.05, 4.69) is 67.4 Å². The molecular weight excluding hydrogens is 322 g/mol. The Balaban J connectivity index is 1.55. The van der Waals surface area contributed by atoms with Crippen LogP contribution < -0.4 is 10.2 Å². The van der Waals surface area contributed by atoms with Gasteiger partial charge in [-0.2, -0.15) is 0 Å². The molecule has 1 aliphatic heterocycles. The zero-order valence-electron chi connectivity index (χ0n) is 16.0. The summed E-state index contributed by atoms with van der Waals surface area (Å²) in [5, 5.41) is 3.06. The topological polar surface area (TPSA) is 35.6 Å². The van der Waals surface area contributed by atoms with Crippen molar-refractivity contribution >= 4 is 11.7 Å². The van der Waals surface area contributed by atoms with Gasteiger partial charge in [0.15, 0.2) is 0 Å². The molecule has 0 saturated carbocycles. The molecule has 0 bridgehead atoms. The minimum absolute atomic E-state index is 0.0325. The molecule has 2 aromatic carbocycles. The molecule has 138 valence electrons. The standard InChI is InChI=1S/C22H29N3O/c1-17(2)20-10-6-7-11-21(20)24-12-14-25(15-13-24)22(26)23-16-19-9-5-4-8-18(19)3/h4-11,17H,12-16H2,1-3H3,(H,23,26). The number of benzene rings is 2. The first-order valence-corrected chi connectivity index (χ1v) is 9.47. The van der Waals surface area contributed by atoms with Crippen LogP contribution in [0.4, 0.5) is 10.5 Å². The molecule has 2 amide bonds. The van der Waals surface area contributed by atoms with Gasteiger partial charge in [0, 0.05) is 38.4 Å². The van der Waals surface area contributed by atoms with Crippen molar-refractivity contribution in [1.29, 1.82) is 0 Å². The van der Waals surface area contributed by atoms with Gasteiger partial charge in [-0.25, -0.2) is 4.79 Å². The van der Waals surface area contributed by atoms with Crippen LogP contribution >= 0.6 is 0 Å². The van der Waals surface area contributed by atoms with Crippen molar-refractivity contribution in [3.63, 3.8) is 0 Å². The monoisotopic (exact) mass is 351 g/mol. The Kier molecular flexibility index (Phi) is 5.82. The van der Waals surface area contributed by atoms with Gasteiger partial charge in [-0.3, -0.25) is 0 Å². The smallest absolute Gasteiger partial charge is 0.317 e. The van der Waals surface area contributed by atoms with E-state index in [-0.39, 0.29) is 6.03 Å². The third kappa shape index (κ3) is 4.18. The van der Waals surface area contributed by atoms with Crippen LogP contribution in [0.3, 0.4) is 0 Å². The number of aryl methyl sites for hydroxylation is 1. The number of anilines is 1. The summed E-state index contributed by atoms with van der Waals surface area (Å²) in [4.78, 5) is 16.8. The fourth-order valence-corrected chi connectivity index (χ4v) is 3.51. The van der Waals surface area contributed by atoms with Gasteiger partial charge in [0.05, 0.1) is 0 Å². The molecule has 0 atom stereocenters. The first-order chi connectivity index (χ1) is 12.6. The number of amides is 2. The number of piperazine rings is 1. The van der Waals surface area contributed by atoms with Crippen molar-refractivity contribution in [1.82, 2.24) is 10.2 Å². The molecule has 4 nitrogen and oxygen atoms in total. The number of carbonyl (C=O) groups excluding carboxylic acids is 1. The number of para-hydroxylation sites is 1. The van der Waals surface area contributed by atoms with Crippen molar-refractivity contribution in [3.8, 4) is 0 Å². The molecule has 1 aliphatic rings. The van der Waals surface area contributed by atoms with Crippen molar-refractivity contribution in [3.05, 3.63) is 65.2 Å². The van der Waals surface area contributed by atoms with E-state index in [0.29, 0.717) is 12.5 Å². The van der Waals surface area contributed by atoms with Gasteiger partial charge in [-0.15, -0.1) is 0 Å². The largest absolute Gasteiger partial charge is 0.368 e. The van der Waals surface area contributed by atoms with Gasteiger partial charge < -0.3 is 15.1 Å². The first kappa shape index (κ1) is 18.3. The highest BCUT2D eigenvalue weighted by molar-refractivity contribution is 5.74. The molecule has 2 aromatic rings. The zero-order chi connectivity index (χ0) is 18.5. The molecule has 26 heavy (non-hydrogen) atoms. The lowest BCUT2D eigenvalue weighted by molar-refractivity contribution is 0.194. The molecule has 0 spiro atoms. The van der Waals surface area contributed by atoms with Crippen LogP contribution in [0, 0.1) is 6.92 Å². The number of nitrogens with one attached hydrogen (secondary N) is 1. The summed E-state index contributed by atoms with van der Waals surface area (Å²) in [6, 6.07) is 16.8. The minimum Gasteiger partial charge on any atom is -0.368 e. The lowest BCUT2D eigenvalue weighted by Crippen LogP contribution is -2.52. The van der Waals surface area contributed by atoms with E-state index in [9.17, 15) is 4.79 Å². The number of carbonyl (C=O) groups is 1. The van der Waals surface area contributed by atoms with Crippen LogP contribution in [0.5, 0.6) is 0 Å². The molecular formula is C22H29N3O. The molecule has 1 heterocycles. The molecule has 3 rings (SSSR count). The fraction of sp³-hybridized carbons (Fsp3) is 0.409. The summed E-state index contributed by atoms with van der Waals surface area (Å²) in [7, 11) is 0. The van der Waals surface area contributed by atoms with Crippen LogP contribution in [0.1, 0.15) is 36.5 Å². The Labute approximate surface area is 156 Å². The third-order valence-corrected chi connectivity index (χ3v) is 5.16.